The minimum absolute atomic E-state index is 0.0671. The van der Waals surface area contributed by atoms with Crippen LogP contribution in [0.4, 0.5) is 11.4 Å². The molecule has 32 heavy (non-hydrogen) atoms. The molecule has 1 fully saturated rings. The molecule has 4 rings (SSSR count). The molecule has 0 aromatic heterocycles. The summed E-state index contributed by atoms with van der Waals surface area (Å²) in [5, 5.41) is 3.11. The van der Waals surface area contributed by atoms with Crippen molar-refractivity contribution in [3.05, 3.63) is 59.2 Å². The van der Waals surface area contributed by atoms with Crippen LogP contribution >= 0.6 is 0 Å². The van der Waals surface area contributed by atoms with Crippen LogP contribution in [0.3, 0.4) is 0 Å². The van der Waals surface area contributed by atoms with Crippen LogP contribution in [0.2, 0.25) is 0 Å². The van der Waals surface area contributed by atoms with Crippen molar-refractivity contribution in [1.29, 1.82) is 0 Å². The molecule has 1 N–H and O–H groups in total. The van der Waals surface area contributed by atoms with E-state index in [1.165, 1.54) is 16.8 Å². The number of fused-ring (bicyclic) bond motifs is 1. The van der Waals surface area contributed by atoms with Crippen LogP contribution in [0.25, 0.3) is 0 Å². The van der Waals surface area contributed by atoms with E-state index in [0.717, 1.165) is 51.6 Å². The molecular formula is C27H37N3O2. The summed E-state index contributed by atoms with van der Waals surface area (Å²) < 4.78 is 5.48. The van der Waals surface area contributed by atoms with Crippen molar-refractivity contribution in [2.24, 2.45) is 0 Å². The zero-order chi connectivity index (χ0) is 22.9. The Balaban J connectivity index is 1.47. The third-order valence-corrected chi connectivity index (χ3v) is 6.71. The van der Waals surface area contributed by atoms with E-state index in [-0.39, 0.29) is 16.7 Å². The fourth-order valence-electron chi connectivity index (χ4n) is 4.70. The van der Waals surface area contributed by atoms with Crippen molar-refractivity contribution in [1.82, 2.24) is 4.90 Å². The highest BCUT2D eigenvalue weighted by Crippen LogP contribution is 2.41. The van der Waals surface area contributed by atoms with Crippen molar-refractivity contribution < 1.29 is 9.53 Å². The Kier molecular flexibility index (Phi) is 6.33. The normalized spacial score (nSPS) is 18.5. The van der Waals surface area contributed by atoms with Crippen LogP contribution in [0, 0.1) is 0 Å². The van der Waals surface area contributed by atoms with Gasteiger partial charge in [-0.1, -0.05) is 52.8 Å². The molecule has 2 aliphatic rings. The van der Waals surface area contributed by atoms with Gasteiger partial charge in [0.2, 0.25) is 0 Å². The molecule has 0 saturated carbocycles. The first-order valence-electron chi connectivity index (χ1n) is 11.7. The van der Waals surface area contributed by atoms with Gasteiger partial charge in [-0.2, -0.15) is 0 Å². The average Bonchev–Trinajstić information content (AvgIpc) is 3.02. The van der Waals surface area contributed by atoms with E-state index in [0.29, 0.717) is 5.56 Å². The minimum Gasteiger partial charge on any atom is -0.379 e. The Labute approximate surface area is 192 Å². The number of ether oxygens (including phenoxy) is 1. The van der Waals surface area contributed by atoms with E-state index >= 15 is 0 Å². The van der Waals surface area contributed by atoms with Gasteiger partial charge < -0.3 is 15.0 Å². The SMILES string of the molecule is CC(C)(C)c1ccc(C(=O)Nc2ccc3c(c2)N(CCN2CCOCC2)CC3(C)C)cc1. The lowest BCUT2D eigenvalue weighted by atomic mass is 9.86. The molecule has 5 nitrogen and oxygen atoms in total. The van der Waals surface area contributed by atoms with Crippen molar-refractivity contribution in [3.8, 4) is 0 Å². The summed E-state index contributed by atoms with van der Waals surface area (Å²) in [6, 6.07) is 14.3. The third kappa shape index (κ3) is 5.00. The standard InChI is InChI=1S/C27H37N3O2/c1-26(2,3)21-8-6-20(7-9-21)25(31)28-22-10-11-23-24(18-22)30(19-27(23,4)5)13-12-29-14-16-32-17-15-29/h6-11,18H,12-17,19H2,1-5H3,(H,28,31). The number of rotatable bonds is 5. The molecular weight excluding hydrogens is 398 g/mol. The Morgan fingerprint density at radius 2 is 1.72 bits per heavy atom. The highest BCUT2D eigenvalue weighted by Gasteiger charge is 2.35. The van der Waals surface area contributed by atoms with Gasteiger partial charge in [0.1, 0.15) is 0 Å². The maximum Gasteiger partial charge on any atom is 0.255 e. The molecule has 1 saturated heterocycles. The lowest BCUT2D eigenvalue weighted by Gasteiger charge is -2.30. The first-order valence-corrected chi connectivity index (χ1v) is 11.7. The molecule has 0 bridgehead atoms. The number of morpholine rings is 1. The van der Waals surface area contributed by atoms with Gasteiger partial charge in [0, 0.05) is 55.1 Å². The second-order valence-electron chi connectivity index (χ2n) is 10.8. The third-order valence-electron chi connectivity index (χ3n) is 6.71. The van der Waals surface area contributed by atoms with Gasteiger partial charge in [-0.3, -0.25) is 9.69 Å². The highest BCUT2D eigenvalue weighted by atomic mass is 16.5. The zero-order valence-electron chi connectivity index (χ0n) is 20.2. The van der Waals surface area contributed by atoms with E-state index in [1.807, 2.05) is 30.3 Å². The van der Waals surface area contributed by atoms with E-state index in [2.05, 4.69) is 61.9 Å². The second-order valence-corrected chi connectivity index (χ2v) is 10.8. The van der Waals surface area contributed by atoms with Gasteiger partial charge in [-0.15, -0.1) is 0 Å². The van der Waals surface area contributed by atoms with Crippen molar-refractivity contribution in [2.45, 2.75) is 45.4 Å². The molecule has 2 heterocycles. The van der Waals surface area contributed by atoms with Crippen LogP contribution in [0.5, 0.6) is 0 Å². The molecule has 0 atom stereocenters. The Hall–Kier alpha value is -2.37. The first-order chi connectivity index (χ1) is 15.1. The summed E-state index contributed by atoms with van der Waals surface area (Å²) in [5.74, 6) is -0.0671. The van der Waals surface area contributed by atoms with Crippen LogP contribution in [-0.4, -0.2) is 56.7 Å². The summed E-state index contributed by atoms with van der Waals surface area (Å²) in [7, 11) is 0. The lowest BCUT2D eigenvalue weighted by Crippen LogP contribution is -2.42. The van der Waals surface area contributed by atoms with E-state index in [9.17, 15) is 4.79 Å². The van der Waals surface area contributed by atoms with E-state index in [4.69, 9.17) is 4.74 Å². The number of nitrogens with one attached hydrogen (secondary N) is 1. The number of amides is 1. The summed E-state index contributed by atoms with van der Waals surface area (Å²) in [4.78, 5) is 17.8. The number of benzene rings is 2. The quantitative estimate of drug-likeness (QED) is 0.742. The predicted octanol–water partition coefficient (Wildman–Crippen LogP) is 4.67. The van der Waals surface area contributed by atoms with Crippen molar-refractivity contribution in [3.63, 3.8) is 0 Å². The topological polar surface area (TPSA) is 44.8 Å². The fraction of sp³-hybridized carbons (Fsp3) is 0.519. The maximum atomic E-state index is 12.9. The molecule has 5 heteroatoms. The van der Waals surface area contributed by atoms with E-state index < -0.39 is 0 Å². The number of nitrogens with zero attached hydrogens (tertiary/aromatic N) is 2. The molecule has 2 aliphatic heterocycles. The molecule has 0 spiro atoms. The van der Waals surface area contributed by atoms with Gasteiger partial charge in [-0.25, -0.2) is 0 Å². The number of anilines is 2. The minimum atomic E-state index is -0.0671. The molecule has 0 radical (unpaired) electrons. The Bertz CT molecular complexity index is 954. The average molecular weight is 436 g/mol. The summed E-state index contributed by atoms with van der Waals surface area (Å²) in [6.07, 6.45) is 0. The molecule has 0 aliphatic carbocycles. The fourth-order valence-corrected chi connectivity index (χ4v) is 4.70. The summed E-state index contributed by atoms with van der Waals surface area (Å²) in [6.45, 7) is 17.8. The Morgan fingerprint density at radius 3 is 2.38 bits per heavy atom. The Morgan fingerprint density at radius 1 is 1.03 bits per heavy atom. The lowest BCUT2D eigenvalue weighted by molar-refractivity contribution is 0.0391. The van der Waals surface area contributed by atoms with Crippen LogP contribution in [0.15, 0.2) is 42.5 Å². The largest absolute Gasteiger partial charge is 0.379 e. The molecule has 172 valence electrons. The van der Waals surface area contributed by atoms with E-state index in [1.54, 1.807) is 0 Å². The smallest absolute Gasteiger partial charge is 0.255 e. The zero-order valence-corrected chi connectivity index (χ0v) is 20.2. The van der Waals surface area contributed by atoms with Gasteiger partial charge in [0.05, 0.1) is 13.2 Å². The van der Waals surface area contributed by atoms with Gasteiger partial charge >= 0.3 is 0 Å². The van der Waals surface area contributed by atoms with Crippen LogP contribution in [-0.2, 0) is 15.6 Å². The molecule has 1 amide bonds. The number of hydrogen-bond acceptors (Lipinski definition) is 4. The highest BCUT2D eigenvalue weighted by molar-refractivity contribution is 6.04. The second kappa shape index (κ2) is 8.87. The molecule has 2 aromatic carbocycles. The first kappa shape index (κ1) is 22.8. The number of carbonyl (C=O) groups excluding carboxylic acids is 1. The summed E-state index contributed by atoms with van der Waals surface area (Å²) >= 11 is 0. The van der Waals surface area contributed by atoms with Crippen molar-refractivity contribution >= 4 is 17.3 Å². The van der Waals surface area contributed by atoms with Crippen molar-refractivity contribution in [2.75, 3.05) is 56.2 Å². The van der Waals surface area contributed by atoms with Gasteiger partial charge in [0.15, 0.2) is 0 Å². The number of carbonyl (C=O) groups is 1. The predicted molar refractivity (Wildman–Crippen MR) is 132 cm³/mol. The molecule has 0 unspecified atom stereocenters. The van der Waals surface area contributed by atoms with Crippen LogP contribution < -0.4 is 10.2 Å². The summed E-state index contributed by atoms with van der Waals surface area (Å²) in [5.41, 5.74) is 5.53. The molecule has 2 aromatic rings. The van der Waals surface area contributed by atoms with Gasteiger partial charge in [0.25, 0.3) is 5.91 Å². The number of hydrogen-bond donors (Lipinski definition) is 1. The maximum absolute atomic E-state index is 12.9. The van der Waals surface area contributed by atoms with Crippen LogP contribution in [0.1, 0.15) is 56.1 Å². The monoisotopic (exact) mass is 435 g/mol. The van der Waals surface area contributed by atoms with Gasteiger partial charge in [-0.05, 0) is 40.8 Å².